The van der Waals surface area contributed by atoms with Crippen LogP contribution in [-0.4, -0.2) is 20.5 Å². The zero-order chi connectivity index (χ0) is 9.47. The highest BCUT2D eigenvalue weighted by atomic mass is 32.2. The Labute approximate surface area is 76.3 Å². The van der Waals surface area contributed by atoms with Gasteiger partial charge in [-0.3, -0.25) is 4.79 Å². The van der Waals surface area contributed by atoms with E-state index in [2.05, 4.69) is 0 Å². The molecule has 0 unspecified atom stereocenters. The molecule has 0 bridgehead atoms. The summed E-state index contributed by atoms with van der Waals surface area (Å²) in [6.45, 7) is 0. The number of carbonyl (C=O) groups is 1. The first kappa shape index (κ1) is 8.44. The Morgan fingerprint density at radius 3 is 2.77 bits per heavy atom. The maximum atomic E-state index is 11.4. The topological polar surface area (TPSA) is 51.2 Å². The molecule has 4 heteroatoms. The normalized spacial score (nSPS) is 18.2. The van der Waals surface area contributed by atoms with Crippen molar-refractivity contribution in [3.63, 3.8) is 0 Å². The predicted octanol–water partition coefficient (Wildman–Crippen LogP) is 0.829. The fourth-order valence-electron chi connectivity index (χ4n) is 1.60. The fraction of sp³-hybridized carbons (Fsp3) is 0.222. The molecule has 1 aliphatic heterocycles. The van der Waals surface area contributed by atoms with Gasteiger partial charge in [0, 0.05) is 5.56 Å². The molecule has 0 radical (unpaired) electrons. The smallest absolute Gasteiger partial charge is 0.179 e. The van der Waals surface area contributed by atoms with Gasteiger partial charge in [-0.15, -0.1) is 0 Å². The second-order valence-corrected chi connectivity index (χ2v) is 5.09. The molecule has 68 valence electrons. The summed E-state index contributed by atoms with van der Waals surface area (Å²) in [5.41, 5.74) is 1.18. The number of carbonyl (C=O) groups excluding carboxylic acids is 1. The van der Waals surface area contributed by atoms with Crippen LogP contribution in [0.25, 0.3) is 0 Å². The van der Waals surface area contributed by atoms with Crippen LogP contribution in [0, 0.1) is 0 Å². The molecule has 1 aromatic carbocycles. The third-order valence-electron chi connectivity index (χ3n) is 2.25. The van der Waals surface area contributed by atoms with Gasteiger partial charge in [-0.2, -0.15) is 0 Å². The second-order valence-electron chi connectivity index (χ2n) is 3.01. The second kappa shape index (κ2) is 2.67. The van der Waals surface area contributed by atoms with Crippen molar-refractivity contribution in [2.24, 2.45) is 0 Å². The number of fused-ring (bicyclic) bond motifs is 1. The molecule has 0 saturated heterocycles. The van der Waals surface area contributed by atoms with Crippen molar-refractivity contribution in [2.75, 3.05) is 5.75 Å². The summed E-state index contributed by atoms with van der Waals surface area (Å²) in [4.78, 5) is 10.9. The van der Waals surface area contributed by atoms with E-state index in [-0.39, 0.29) is 5.75 Å². The largest absolute Gasteiger partial charge is 0.298 e. The minimum Gasteiger partial charge on any atom is -0.298 e. The molecule has 1 aromatic rings. The molecule has 0 amide bonds. The summed E-state index contributed by atoms with van der Waals surface area (Å²) >= 11 is 0. The van der Waals surface area contributed by atoms with E-state index in [9.17, 15) is 13.2 Å². The van der Waals surface area contributed by atoms with Gasteiger partial charge in [-0.05, 0) is 18.1 Å². The Bertz CT molecular complexity index is 460. The molecule has 13 heavy (non-hydrogen) atoms. The van der Waals surface area contributed by atoms with Gasteiger partial charge in [0.1, 0.15) is 6.29 Å². The van der Waals surface area contributed by atoms with Crippen LogP contribution in [-0.2, 0) is 16.3 Å². The molecule has 0 N–H and O–H groups in total. The maximum absolute atomic E-state index is 11.4. The molecule has 0 saturated carbocycles. The number of hydrogen-bond acceptors (Lipinski definition) is 3. The Morgan fingerprint density at radius 2 is 2.08 bits per heavy atom. The van der Waals surface area contributed by atoms with Gasteiger partial charge in [0.2, 0.25) is 0 Å². The quantitative estimate of drug-likeness (QED) is 0.625. The van der Waals surface area contributed by atoms with Crippen LogP contribution in [0.5, 0.6) is 0 Å². The first-order valence-corrected chi connectivity index (χ1v) is 5.60. The van der Waals surface area contributed by atoms with Crippen LogP contribution >= 0.6 is 0 Å². The van der Waals surface area contributed by atoms with Crippen molar-refractivity contribution in [2.45, 2.75) is 11.3 Å². The van der Waals surface area contributed by atoms with Gasteiger partial charge in [0.25, 0.3) is 0 Å². The first-order chi connectivity index (χ1) is 6.15. The van der Waals surface area contributed by atoms with Gasteiger partial charge in [0.05, 0.1) is 10.6 Å². The van der Waals surface area contributed by atoms with Crippen molar-refractivity contribution >= 4 is 16.1 Å². The molecular weight excluding hydrogens is 188 g/mol. The fourth-order valence-corrected chi connectivity index (χ4v) is 3.17. The third kappa shape index (κ3) is 1.18. The SMILES string of the molecule is O=Cc1cccc2c1CCS2(=O)=O. The minimum absolute atomic E-state index is 0.132. The highest BCUT2D eigenvalue weighted by Gasteiger charge is 2.27. The Morgan fingerprint density at radius 1 is 1.31 bits per heavy atom. The molecule has 0 spiro atoms. The van der Waals surface area contributed by atoms with E-state index < -0.39 is 9.84 Å². The van der Waals surface area contributed by atoms with Crippen LogP contribution in [0.2, 0.25) is 0 Å². The average molecular weight is 196 g/mol. The Balaban J connectivity index is 2.76. The van der Waals surface area contributed by atoms with Crippen molar-refractivity contribution in [1.82, 2.24) is 0 Å². The molecule has 0 fully saturated rings. The summed E-state index contributed by atoms with van der Waals surface area (Å²) < 4.78 is 22.8. The molecule has 1 heterocycles. The van der Waals surface area contributed by atoms with Crippen LogP contribution in [0.3, 0.4) is 0 Å². The van der Waals surface area contributed by atoms with E-state index in [1.807, 2.05) is 0 Å². The molecule has 1 aliphatic rings. The molecule has 3 nitrogen and oxygen atoms in total. The van der Waals surface area contributed by atoms with E-state index >= 15 is 0 Å². The Hall–Kier alpha value is -1.16. The summed E-state index contributed by atoms with van der Waals surface area (Å²) in [6.07, 6.45) is 1.17. The lowest BCUT2D eigenvalue weighted by atomic mass is 10.1. The monoisotopic (exact) mass is 196 g/mol. The van der Waals surface area contributed by atoms with Crippen molar-refractivity contribution in [1.29, 1.82) is 0 Å². The number of hydrogen-bond donors (Lipinski definition) is 0. The van der Waals surface area contributed by atoms with Crippen molar-refractivity contribution < 1.29 is 13.2 Å². The summed E-state index contributed by atoms with van der Waals surface area (Å²) in [5, 5.41) is 0. The first-order valence-electron chi connectivity index (χ1n) is 3.95. The highest BCUT2D eigenvalue weighted by molar-refractivity contribution is 7.91. The van der Waals surface area contributed by atoms with E-state index in [0.29, 0.717) is 28.7 Å². The minimum atomic E-state index is -3.10. The number of rotatable bonds is 1. The van der Waals surface area contributed by atoms with Crippen LogP contribution < -0.4 is 0 Å². The zero-order valence-corrected chi connectivity index (χ0v) is 7.67. The lowest BCUT2D eigenvalue weighted by molar-refractivity contribution is 0.112. The summed E-state index contributed by atoms with van der Waals surface area (Å²) in [7, 11) is -3.10. The van der Waals surface area contributed by atoms with Gasteiger partial charge >= 0.3 is 0 Å². The summed E-state index contributed by atoms with van der Waals surface area (Å²) in [5.74, 6) is 0.132. The van der Waals surface area contributed by atoms with Crippen LogP contribution in [0.15, 0.2) is 23.1 Å². The van der Waals surface area contributed by atoms with Gasteiger partial charge in [-0.1, -0.05) is 12.1 Å². The average Bonchev–Trinajstić information content (AvgIpc) is 2.43. The Kier molecular flexibility index (Phi) is 1.73. The van der Waals surface area contributed by atoms with Crippen molar-refractivity contribution in [3.05, 3.63) is 29.3 Å². The molecule has 0 aliphatic carbocycles. The number of sulfone groups is 1. The third-order valence-corrected chi connectivity index (χ3v) is 4.05. The van der Waals surface area contributed by atoms with Crippen LogP contribution in [0.1, 0.15) is 15.9 Å². The van der Waals surface area contributed by atoms with E-state index in [1.165, 1.54) is 0 Å². The molecule has 0 atom stereocenters. The summed E-state index contributed by atoms with van der Waals surface area (Å²) in [6, 6.07) is 4.81. The van der Waals surface area contributed by atoms with E-state index in [1.54, 1.807) is 18.2 Å². The molecule has 2 rings (SSSR count). The standard InChI is InChI=1S/C9H8O3S/c10-6-7-2-1-3-9-8(7)4-5-13(9,11)12/h1-3,6H,4-5H2. The van der Waals surface area contributed by atoms with Gasteiger partial charge in [-0.25, -0.2) is 8.42 Å². The number of benzene rings is 1. The molecule has 0 aromatic heterocycles. The van der Waals surface area contributed by atoms with Crippen molar-refractivity contribution in [3.8, 4) is 0 Å². The highest BCUT2D eigenvalue weighted by Crippen LogP contribution is 2.27. The predicted molar refractivity (Wildman–Crippen MR) is 47.6 cm³/mol. The lowest BCUT2D eigenvalue weighted by Crippen LogP contribution is -1.98. The van der Waals surface area contributed by atoms with E-state index in [0.717, 1.165) is 0 Å². The molecular formula is C9H8O3S. The van der Waals surface area contributed by atoms with Gasteiger partial charge < -0.3 is 0 Å². The lowest BCUT2D eigenvalue weighted by Gasteiger charge is -1.99. The zero-order valence-electron chi connectivity index (χ0n) is 6.86. The van der Waals surface area contributed by atoms with E-state index in [4.69, 9.17) is 0 Å². The maximum Gasteiger partial charge on any atom is 0.179 e. The van der Waals surface area contributed by atoms with Crippen LogP contribution in [0.4, 0.5) is 0 Å². The number of aldehydes is 1. The van der Waals surface area contributed by atoms with Gasteiger partial charge in [0.15, 0.2) is 9.84 Å².